The number of aromatic nitrogens is 3. The molecule has 0 radical (unpaired) electrons. The quantitative estimate of drug-likeness (QED) is 0.244. The third-order valence-electron chi connectivity index (χ3n) is 7.83. The Balaban J connectivity index is 1.45. The van der Waals surface area contributed by atoms with Gasteiger partial charge in [-0.2, -0.15) is 5.10 Å². The van der Waals surface area contributed by atoms with Crippen molar-refractivity contribution in [3.8, 4) is 17.4 Å². The number of carbonyl (C=O) groups excluding carboxylic acids is 1. The molecule has 3 N–H and O–H groups in total. The number of carbonyl (C=O) groups is 1. The van der Waals surface area contributed by atoms with Crippen molar-refractivity contribution in [1.82, 2.24) is 25.0 Å². The molecule has 0 bridgehead atoms. The molecule has 2 aromatic carbocycles. The smallest absolute Gasteiger partial charge is 0.254 e. The summed E-state index contributed by atoms with van der Waals surface area (Å²) in [5.41, 5.74) is 2.62. The lowest BCUT2D eigenvalue weighted by Gasteiger charge is -2.35. The zero-order valence-electron chi connectivity index (χ0n) is 23.4. The van der Waals surface area contributed by atoms with Gasteiger partial charge in [0.25, 0.3) is 5.91 Å². The van der Waals surface area contributed by atoms with Gasteiger partial charge in [0, 0.05) is 61.6 Å². The van der Waals surface area contributed by atoms with E-state index in [0.717, 1.165) is 54.7 Å². The molecular weight excluding hydrogens is 508 g/mol. The molecule has 0 aliphatic carbocycles. The second-order valence-electron chi connectivity index (χ2n) is 10.0. The zero-order valence-corrected chi connectivity index (χ0v) is 23.4. The van der Waals surface area contributed by atoms with Gasteiger partial charge in [-0.1, -0.05) is 19.1 Å². The van der Waals surface area contributed by atoms with Gasteiger partial charge in [-0.05, 0) is 49.2 Å². The van der Waals surface area contributed by atoms with E-state index in [4.69, 9.17) is 9.47 Å². The van der Waals surface area contributed by atoms with Crippen molar-refractivity contribution in [2.24, 2.45) is 0 Å². The Morgan fingerprint density at radius 3 is 2.60 bits per heavy atom. The lowest BCUT2D eigenvalue weighted by molar-refractivity contribution is 0.0952. The molecule has 40 heavy (non-hydrogen) atoms. The molecule has 212 valence electrons. The minimum atomic E-state index is -0.192. The van der Waals surface area contributed by atoms with Crippen molar-refractivity contribution < 1.29 is 19.4 Å². The van der Waals surface area contributed by atoms with Crippen LogP contribution in [0.25, 0.3) is 10.8 Å². The summed E-state index contributed by atoms with van der Waals surface area (Å²) in [5, 5.41) is 22.8. The average Bonchev–Trinajstić information content (AvgIpc) is 3.66. The number of anilines is 1. The first-order valence-corrected chi connectivity index (χ1v) is 13.8. The second kappa shape index (κ2) is 12.3. The third-order valence-corrected chi connectivity index (χ3v) is 7.83. The van der Waals surface area contributed by atoms with Gasteiger partial charge >= 0.3 is 0 Å². The van der Waals surface area contributed by atoms with Crippen LogP contribution in [0.2, 0.25) is 0 Å². The molecule has 0 unspecified atom stereocenters. The summed E-state index contributed by atoms with van der Waals surface area (Å²) in [5.74, 6) is 1.33. The number of likely N-dealkylation sites (N-methyl/N-ethyl adjacent to an activating group) is 1. The summed E-state index contributed by atoms with van der Waals surface area (Å²) in [7, 11) is 3.23. The minimum absolute atomic E-state index is 0.168. The highest BCUT2D eigenvalue weighted by Gasteiger charge is 2.24. The van der Waals surface area contributed by atoms with Crippen LogP contribution in [0.4, 0.5) is 5.69 Å². The van der Waals surface area contributed by atoms with E-state index in [1.165, 1.54) is 6.20 Å². The summed E-state index contributed by atoms with van der Waals surface area (Å²) in [6, 6.07) is 11.8. The number of nitrogens with one attached hydrogen (secondary N) is 2. The predicted molar refractivity (Wildman–Crippen MR) is 156 cm³/mol. The first kappa shape index (κ1) is 27.4. The fourth-order valence-corrected chi connectivity index (χ4v) is 5.54. The standard InChI is InChI=1S/C30H38N6O4/c1-4-34-13-15-35(16-14-34)26-8-5-7-23-24(26)20-36(30(23)38)25(21-10-11-27(39-2)28(17-21)40-3)9-6-12-31-29(37)22-18-32-33-19-22/h5,7-8,10-11,17-20,25,38H,4,6,9,12-16H2,1-3H3,(H,31,37)(H,32,33)/t25-/m1/s1. The van der Waals surface area contributed by atoms with Crippen LogP contribution < -0.4 is 19.7 Å². The number of amides is 1. The number of methoxy groups -OCH3 is 2. The maximum Gasteiger partial charge on any atom is 0.254 e. The Hall–Kier alpha value is -4.18. The van der Waals surface area contributed by atoms with Crippen molar-refractivity contribution in [2.45, 2.75) is 25.8 Å². The largest absolute Gasteiger partial charge is 0.494 e. The monoisotopic (exact) mass is 546 g/mol. The van der Waals surface area contributed by atoms with Crippen LogP contribution in [0.15, 0.2) is 55.0 Å². The van der Waals surface area contributed by atoms with E-state index in [0.29, 0.717) is 36.4 Å². The Morgan fingerprint density at radius 1 is 1.10 bits per heavy atom. The van der Waals surface area contributed by atoms with Gasteiger partial charge in [0.15, 0.2) is 17.4 Å². The summed E-state index contributed by atoms with van der Waals surface area (Å²) in [6.45, 7) is 7.71. The van der Waals surface area contributed by atoms with Gasteiger partial charge in [0.2, 0.25) is 0 Å². The first-order valence-electron chi connectivity index (χ1n) is 13.8. The number of piperazine rings is 1. The summed E-state index contributed by atoms with van der Waals surface area (Å²) in [6.07, 6.45) is 6.52. The van der Waals surface area contributed by atoms with Gasteiger partial charge in [0.05, 0.1) is 32.0 Å². The Morgan fingerprint density at radius 2 is 1.90 bits per heavy atom. The van der Waals surface area contributed by atoms with E-state index >= 15 is 0 Å². The lowest BCUT2D eigenvalue weighted by atomic mass is 10.0. The van der Waals surface area contributed by atoms with E-state index in [1.807, 2.05) is 34.9 Å². The Labute approximate surface area is 234 Å². The van der Waals surface area contributed by atoms with E-state index < -0.39 is 0 Å². The molecule has 1 fully saturated rings. The van der Waals surface area contributed by atoms with Crippen LogP contribution in [0, 0.1) is 0 Å². The maximum atomic E-state index is 12.4. The van der Waals surface area contributed by atoms with E-state index in [-0.39, 0.29) is 17.8 Å². The van der Waals surface area contributed by atoms with Crippen LogP contribution in [-0.4, -0.2) is 84.2 Å². The molecule has 1 aliphatic rings. The van der Waals surface area contributed by atoms with Crippen molar-refractivity contribution in [1.29, 1.82) is 0 Å². The van der Waals surface area contributed by atoms with Crippen LogP contribution in [-0.2, 0) is 0 Å². The molecular formula is C30H38N6O4. The molecule has 10 heteroatoms. The summed E-state index contributed by atoms with van der Waals surface area (Å²) < 4.78 is 13.0. The number of ether oxygens (including phenoxy) is 2. The molecule has 0 spiro atoms. The van der Waals surface area contributed by atoms with Crippen molar-refractivity contribution in [2.75, 3.05) is 58.4 Å². The van der Waals surface area contributed by atoms with Crippen molar-refractivity contribution in [3.63, 3.8) is 0 Å². The third kappa shape index (κ3) is 5.58. The molecule has 5 rings (SSSR count). The highest BCUT2D eigenvalue weighted by atomic mass is 16.5. The van der Waals surface area contributed by atoms with E-state index in [2.05, 4.69) is 44.5 Å². The molecule has 1 saturated heterocycles. The Bertz CT molecular complexity index is 1430. The second-order valence-corrected chi connectivity index (χ2v) is 10.0. The molecule has 1 aliphatic heterocycles. The number of fused-ring (bicyclic) bond motifs is 1. The molecule has 4 aromatic rings. The van der Waals surface area contributed by atoms with Crippen LogP contribution in [0.5, 0.6) is 17.4 Å². The molecule has 0 saturated carbocycles. The molecule has 3 heterocycles. The van der Waals surface area contributed by atoms with Crippen LogP contribution >= 0.6 is 0 Å². The molecule has 1 amide bonds. The first-order chi connectivity index (χ1) is 19.5. The van der Waals surface area contributed by atoms with E-state index in [9.17, 15) is 9.90 Å². The predicted octanol–water partition coefficient (Wildman–Crippen LogP) is 4.03. The highest BCUT2D eigenvalue weighted by Crippen LogP contribution is 2.40. The van der Waals surface area contributed by atoms with Gasteiger partial charge in [-0.25, -0.2) is 0 Å². The van der Waals surface area contributed by atoms with Crippen molar-refractivity contribution >= 4 is 22.4 Å². The topological polar surface area (TPSA) is 108 Å². The van der Waals surface area contributed by atoms with Crippen LogP contribution in [0.3, 0.4) is 0 Å². The Kier molecular flexibility index (Phi) is 8.45. The summed E-state index contributed by atoms with van der Waals surface area (Å²) >= 11 is 0. The summed E-state index contributed by atoms with van der Waals surface area (Å²) in [4.78, 5) is 17.3. The number of hydrogen-bond donors (Lipinski definition) is 3. The highest BCUT2D eigenvalue weighted by molar-refractivity contribution is 5.98. The minimum Gasteiger partial charge on any atom is -0.494 e. The lowest BCUT2D eigenvalue weighted by Crippen LogP contribution is -2.46. The SMILES string of the molecule is CCN1CCN(c2cccc3c(O)n([C@H](CCCNC(=O)c4cn[nH]c4)c4ccc(OC)c(OC)c4)cc23)CC1. The number of aromatic amines is 1. The number of benzene rings is 2. The average molecular weight is 547 g/mol. The van der Waals surface area contributed by atoms with Gasteiger partial charge in [-0.3, -0.25) is 9.89 Å². The number of hydrogen-bond acceptors (Lipinski definition) is 7. The molecule has 10 nitrogen and oxygen atoms in total. The molecule has 2 aromatic heterocycles. The number of aromatic hydroxyl groups is 1. The number of nitrogens with zero attached hydrogens (tertiary/aromatic N) is 4. The number of rotatable bonds is 11. The normalized spacial score (nSPS) is 14.8. The fraction of sp³-hybridized carbons (Fsp3) is 0.400. The van der Waals surface area contributed by atoms with Crippen molar-refractivity contribution in [3.05, 3.63) is 66.1 Å². The maximum absolute atomic E-state index is 12.4. The van der Waals surface area contributed by atoms with Gasteiger partial charge in [0.1, 0.15) is 0 Å². The van der Waals surface area contributed by atoms with Gasteiger partial charge in [-0.15, -0.1) is 0 Å². The zero-order chi connectivity index (χ0) is 28.1. The van der Waals surface area contributed by atoms with Crippen LogP contribution in [0.1, 0.15) is 41.7 Å². The fourth-order valence-electron chi connectivity index (χ4n) is 5.54. The van der Waals surface area contributed by atoms with E-state index in [1.54, 1.807) is 20.4 Å². The molecule has 1 atom stereocenters. The number of H-pyrrole nitrogens is 1. The van der Waals surface area contributed by atoms with Gasteiger partial charge < -0.3 is 34.3 Å².